The van der Waals surface area contributed by atoms with Crippen molar-refractivity contribution in [2.75, 3.05) is 12.4 Å². The standard InChI is InChI=1S/C17H19N3O/c1-17(2)14(8-15(17)21-3)20-16-11(9-18)10-19-13-7-5-4-6-12(13)16/h4-7,10,14-15H,8H2,1-3H3,(H,19,20). The molecule has 4 nitrogen and oxygen atoms in total. The Labute approximate surface area is 124 Å². The smallest absolute Gasteiger partial charge is 0.103 e. The third-order valence-corrected chi connectivity index (χ3v) is 4.68. The summed E-state index contributed by atoms with van der Waals surface area (Å²) in [6.45, 7) is 4.38. The molecule has 2 aromatic rings. The number of rotatable bonds is 3. The highest BCUT2D eigenvalue weighted by atomic mass is 16.5. The van der Waals surface area contributed by atoms with Gasteiger partial charge in [0, 0.05) is 30.1 Å². The molecular weight excluding hydrogens is 262 g/mol. The van der Waals surface area contributed by atoms with Gasteiger partial charge in [0.2, 0.25) is 0 Å². The van der Waals surface area contributed by atoms with Crippen molar-refractivity contribution >= 4 is 16.6 Å². The van der Waals surface area contributed by atoms with E-state index in [1.165, 1.54) is 0 Å². The van der Waals surface area contributed by atoms with Gasteiger partial charge >= 0.3 is 0 Å². The fraction of sp³-hybridized carbons (Fsp3) is 0.412. The predicted molar refractivity (Wildman–Crippen MR) is 83.1 cm³/mol. The van der Waals surface area contributed by atoms with Gasteiger partial charge < -0.3 is 10.1 Å². The van der Waals surface area contributed by atoms with Gasteiger partial charge in [0.1, 0.15) is 6.07 Å². The Bertz CT molecular complexity index is 718. The van der Waals surface area contributed by atoms with Crippen LogP contribution >= 0.6 is 0 Å². The van der Waals surface area contributed by atoms with Crippen LogP contribution in [0.25, 0.3) is 10.9 Å². The molecule has 3 rings (SSSR count). The van der Waals surface area contributed by atoms with Gasteiger partial charge in [0.05, 0.1) is 22.9 Å². The SMILES string of the molecule is COC1CC(Nc2c(C#N)cnc3ccccc23)C1(C)C. The number of methoxy groups -OCH3 is 1. The lowest BCUT2D eigenvalue weighted by molar-refractivity contribution is -0.0794. The molecule has 4 heteroatoms. The third-order valence-electron chi connectivity index (χ3n) is 4.68. The van der Waals surface area contributed by atoms with Gasteiger partial charge in [-0.05, 0) is 12.5 Å². The number of ether oxygens (including phenoxy) is 1. The molecule has 2 unspecified atom stereocenters. The number of fused-ring (bicyclic) bond motifs is 1. The van der Waals surface area contributed by atoms with E-state index in [0.29, 0.717) is 11.6 Å². The molecule has 1 aromatic heterocycles. The number of aromatic nitrogens is 1. The zero-order chi connectivity index (χ0) is 15.0. The maximum absolute atomic E-state index is 9.36. The highest BCUT2D eigenvalue weighted by molar-refractivity contribution is 5.94. The lowest BCUT2D eigenvalue weighted by atomic mass is 9.64. The molecule has 1 aliphatic carbocycles. The van der Waals surface area contributed by atoms with Crippen LogP contribution in [-0.4, -0.2) is 24.2 Å². The summed E-state index contributed by atoms with van der Waals surface area (Å²) in [5, 5.41) is 13.9. The second-order valence-corrected chi connectivity index (χ2v) is 6.15. The number of pyridine rings is 1. The molecule has 1 aromatic carbocycles. The van der Waals surface area contributed by atoms with Crippen molar-refractivity contribution in [2.24, 2.45) is 5.41 Å². The Morgan fingerprint density at radius 3 is 2.81 bits per heavy atom. The van der Waals surface area contributed by atoms with E-state index >= 15 is 0 Å². The van der Waals surface area contributed by atoms with Crippen LogP contribution in [0.15, 0.2) is 30.5 Å². The summed E-state index contributed by atoms with van der Waals surface area (Å²) in [5.74, 6) is 0. The predicted octanol–water partition coefficient (Wildman–Crippen LogP) is 3.33. The second kappa shape index (κ2) is 5.01. The quantitative estimate of drug-likeness (QED) is 0.937. The van der Waals surface area contributed by atoms with Crippen LogP contribution in [0.5, 0.6) is 0 Å². The maximum Gasteiger partial charge on any atom is 0.103 e. The number of nitrogens with one attached hydrogen (secondary N) is 1. The lowest BCUT2D eigenvalue weighted by Crippen LogP contribution is -2.57. The van der Waals surface area contributed by atoms with Gasteiger partial charge in [-0.3, -0.25) is 4.98 Å². The molecule has 108 valence electrons. The highest BCUT2D eigenvalue weighted by Crippen LogP contribution is 2.45. The monoisotopic (exact) mass is 281 g/mol. The number of hydrogen-bond donors (Lipinski definition) is 1. The fourth-order valence-corrected chi connectivity index (χ4v) is 3.09. The van der Waals surface area contributed by atoms with Crippen LogP contribution in [0.1, 0.15) is 25.8 Å². The largest absolute Gasteiger partial charge is 0.381 e. The van der Waals surface area contributed by atoms with E-state index in [4.69, 9.17) is 4.74 Å². The summed E-state index contributed by atoms with van der Waals surface area (Å²) in [7, 11) is 1.76. The van der Waals surface area contributed by atoms with E-state index in [9.17, 15) is 5.26 Å². The average molecular weight is 281 g/mol. The van der Waals surface area contributed by atoms with Crippen molar-refractivity contribution in [3.63, 3.8) is 0 Å². The zero-order valence-corrected chi connectivity index (χ0v) is 12.6. The second-order valence-electron chi connectivity index (χ2n) is 6.15. The minimum Gasteiger partial charge on any atom is -0.381 e. The zero-order valence-electron chi connectivity index (χ0n) is 12.6. The molecule has 0 spiro atoms. The maximum atomic E-state index is 9.36. The van der Waals surface area contributed by atoms with E-state index in [-0.39, 0.29) is 11.5 Å². The van der Waals surface area contributed by atoms with Crippen molar-refractivity contribution in [1.82, 2.24) is 4.98 Å². The van der Waals surface area contributed by atoms with Crippen molar-refractivity contribution in [2.45, 2.75) is 32.4 Å². The summed E-state index contributed by atoms with van der Waals surface area (Å²) in [6.07, 6.45) is 2.85. The molecule has 0 saturated heterocycles. The van der Waals surface area contributed by atoms with E-state index in [1.54, 1.807) is 13.3 Å². The number of hydrogen-bond acceptors (Lipinski definition) is 4. The van der Waals surface area contributed by atoms with Gasteiger partial charge in [-0.2, -0.15) is 5.26 Å². The lowest BCUT2D eigenvalue weighted by Gasteiger charge is -2.51. The average Bonchev–Trinajstić information content (AvgIpc) is 2.50. The van der Waals surface area contributed by atoms with Gasteiger partial charge in [-0.25, -0.2) is 0 Å². The molecule has 21 heavy (non-hydrogen) atoms. The Kier molecular flexibility index (Phi) is 3.30. The van der Waals surface area contributed by atoms with E-state index in [0.717, 1.165) is 23.0 Å². The summed E-state index contributed by atoms with van der Waals surface area (Å²) >= 11 is 0. The summed E-state index contributed by atoms with van der Waals surface area (Å²) < 4.78 is 5.50. The Morgan fingerprint density at radius 1 is 1.38 bits per heavy atom. The first-order chi connectivity index (χ1) is 10.1. The van der Waals surface area contributed by atoms with E-state index in [1.807, 2.05) is 24.3 Å². The number of nitriles is 1. The molecule has 0 aliphatic heterocycles. The van der Waals surface area contributed by atoms with Crippen LogP contribution in [0.3, 0.4) is 0 Å². The van der Waals surface area contributed by atoms with Gasteiger partial charge in [0.15, 0.2) is 0 Å². The van der Waals surface area contributed by atoms with Crippen LogP contribution in [0.2, 0.25) is 0 Å². The summed E-state index contributed by atoms with van der Waals surface area (Å²) in [5.41, 5.74) is 2.42. The molecule has 0 bridgehead atoms. The molecule has 2 atom stereocenters. The first-order valence-corrected chi connectivity index (χ1v) is 7.15. The molecule has 1 heterocycles. The molecule has 1 aliphatic rings. The topological polar surface area (TPSA) is 57.9 Å². The number of nitrogens with zero attached hydrogens (tertiary/aromatic N) is 2. The van der Waals surface area contributed by atoms with Gasteiger partial charge in [-0.15, -0.1) is 0 Å². The first kappa shape index (κ1) is 13.8. The Hall–Kier alpha value is -2.12. The minimum atomic E-state index is 0.0475. The summed E-state index contributed by atoms with van der Waals surface area (Å²) in [6, 6.07) is 10.4. The number of para-hydroxylation sites is 1. The van der Waals surface area contributed by atoms with E-state index < -0.39 is 0 Å². The van der Waals surface area contributed by atoms with Gasteiger partial charge in [-0.1, -0.05) is 32.0 Å². The molecular formula is C17H19N3O. The van der Waals surface area contributed by atoms with Crippen molar-refractivity contribution in [3.8, 4) is 6.07 Å². The molecule has 1 saturated carbocycles. The van der Waals surface area contributed by atoms with Crippen LogP contribution in [-0.2, 0) is 4.74 Å². The van der Waals surface area contributed by atoms with Crippen LogP contribution in [0.4, 0.5) is 5.69 Å². The molecule has 0 amide bonds. The van der Waals surface area contributed by atoms with Crippen LogP contribution < -0.4 is 5.32 Å². The molecule has 1 fully saturated rings. The van der Waals surface area contributed by atoms with E-state index in [2.05, 4.69) is 30.2 Å². The Morgan fingerprint density at radius 2 is 2.14 bits per heavy atom. The fourth-order valence-electron chi connectivity index (χ4n) is 3.09. The van der Waals surface area contributed by atoms with Crippen LogP contribution in [0, 0.1) is 16.7 Å². The minimum absolute atomic E-state index is 0.0475. The van der Waals surface area contributed by atoms with Crippen molar-refractivity contribution in [3.05, 3.63) is 36.0 Å². The van der Waals surface area contributed by atoms with Crippen molar-refractivity contribution < 1.29 is 4.74 Å². The molecule has 0 radical (unpaired) electrons. The molecule has 1 N–H and O–H groups in total. The number of anilines is 1. The third kappa shape index (κ3) is 2.14. The Balaban J connectivity index is 1.99. The van der Waals surface area contributed by atoms with Gasteiger partial charge in [0.25, 0.3) is 0 Å². The number of benzene rings is 1. The first-order valence-electron chi connectivity index (χ1n) is 7.15. The summed E-state index contributed by atoms with van der Waals surface area (Å²) in [4.78, 5) is 4.34. The normalized spacial score (nSPS) is 23.3. The highest BCUT2D eigenvalue weighted by Gasteiger charge is 2.48. The van der Waals surface area contributed by atoms with Crippen molar-refractivity contribution in [1.29, 1.82) is 5.26 Å².